The second-order valence-corrected chi connectivity index (χ2v) is 6.88. The highest BCUT2D eigenvalue weighted by Gasteiger charge is 2.32. The highest BCUT2D eigenvalue weighted by molar-refractivity contribution is 6.21. The summed E-state index contributed by atoms with van der Waals surface area (Å²) < 4.78 is 39.3. The van der Waals surface area contributed by atoms with Crippen molar-refractivity contribution in [1.82, 2.24) is 19.9 Å². The van der Waals surface area contributed by atoms with Crippen LogP contribution in [0.25, 0.3) is 5.65 Å². The zero-order valence-corrected chi connectivity index (χ0v) is 17.5. The smallest absolute Gasteiger partial charge is 0.364 e. The lowest BCUT2D eigenvalue weighted by Gasteiger charge is -2.12. The summed E-state index contributed by atoms with van der Waals surface area (Å²) in [5.74, 6) is 0.659. The van der Waals surface area contributed by atoms with E-state index in [9.17, 15) is 13.6 Å². The Labute approximate surface area is 177 Å². The van der Waals surface area contributed by atoms with Crippen LogP contribution in [-0.2, 0) is 11.9 Å². The maximum Gasteiger partial charge on any atom is 0.364 e. The van der Waals surface area contributed by atoms with Crippen molar-refractivity contribution in [1.29, 1.82) is 0 Å². The summed E-state index contributed by atoms with van der Waals surface area (Å²) in [5, 5.41) is 3.01. The second-order valence-electron chi connectivity index (χ2n) is 6.41. The first-order valence-corrected chi connectivity index (χ1v) is 9.72. The van der Waals surface area contributed by atoms with Gasteiger partial charge < -0.3 is 14.8 Å². The molecule has 0 saturated carbocycles. The zero-order chi connectivity index (χ0) is 21.9. The molecule has 10 heteroatoms. The minimum atomic E-state index is -3.65. The Kier molecular flexibility index (Phi) is 6.40. The molecule has 0 atom stereocenters. The van der Waals surface area contributed by atoms with Crippen molar-refractivity contribution in [2.45, 2.75) is 32.7 Å². The Bertz CT molecular complexity index is 1070. The number of nitrogens with one attached hydrogen (secondary N) is 1. The molecule has 30 heavy (non-hydrogen) atoms. The normalized spacial score (nSPS) is 11.5. The molecule has 1 N–H and O–H groups in total. The van der Waals surface area contributed by atoms with Gasteiger partial charge in [0.2, 0.25) is 0 Å². The van der Waals surface area contributed by atoms with Gasteiger partial charge in [0, 0.05) is 18.3 Å². The van der Waals surface area contributed by atoms with Gasteiger partial charge >= 0.3 is 5.38 Å². The van der Waals surface area contributed by atoms with Gasteiger partial charge in [0.1, 0.15) is 5.69 Å². The minimum absolute atomic E-state index is 0.0498. The van der Waals surface area contributed by atoms with Crippen LogP contribution in [0.5, 0.6) is 11.5 Å². The van der Waals surface area contributed by atoms with E-state index >= 15 is 0 Å². The molecule has 2 heterocycles. The van der Waals surface area contributed by atoms with E-state index in [1.165, 1.54) is 6.07 Å². The van der Waals surface area contributed by atoms with Gasteiger partial charge in [0.25, 0.3) is 5.91 Å². The van der Waals surface area contributed by atoms with Crippen molar-refractivity contribution in [3.63, 3.8) is 0 Å². The van der Waals surface area contributed by atoms with Crippen LogP contribution in [0.15, 0.2) is 30.3 Å². The summed E-state index contributed by atoms with van der Waals surface area (Å²) in [5.41, 5.74) is 0.614. The largest absolute Gasteiger partial charge is 0.490 e. The lowest BCUT2D eigenvalue weighted by molar-refractivity contribution is 0.0864. The van der Waals surface area contributed by atoms with Gasteiger partial charge in [-0.2, -0.15) is 13.9 Å². The van der Waals surface area contributed by atoms with E-state index in [2.05, 4.69) is 15.4 Å². The first-order valence-electron chi connectivity index (χ1n) is 9.34. The molecule has 1 amide bonds. The number of rotatable bonds is 8. The summed E-state index contributed by atoms with van der Waals surface area (Å²) in [4.78, 5) is 16.7. The molecule has 7 nitrogen and oxygen atoms in total. The first-order chi connectivity index (χ1) is 14.2. The number of fused-ring (bicyclic) bond motifs is 1. The Hall–Kier alpha value is -2.94. The van der Waals surface area contributed by atoms with Gasteiger partial charge in [-0.15, -0.1) is 0 Å². The third-order valence-electron chi connectivity index (χ3n) is 4.14. The molecule has 3 rings (SSSR count). The molecule has 3 aromatic rings. The SMILES string of the molecule is CCOc1ccc(CNC(=O)c2cc3nc(C)cc(C(F)(F)Cl)n3n2)cc1OCC. The maximum absolute atomic E-state index is 13.7. The Morgan fingerprint density at radius 3 is 2.53 bits per heavy atom. The van der Waals surface area contributed by atoms with Crippen LogP contribution in [0, 0.1) is 6.92 Å². The summed E-state index contributed by atoms with van der Waals surface area (Å²) in [7, 11) is 0. The molecule has 0 bridgehead atoms. The van der Waals surface area contributed by atoms with Crippen LogP contribution in [0.4, 0.5) is 8.78 Å². The third kappa shape index (κ3) is 4.79. The van der Waals surface area contributed by atoms with Gasteiger partial charge in [-0.1, -0.05) is 6.07 Å². The number of alkyl halides is 3. The number of halogens is 3. The molecule has 2 aromatic heterocycles. The quantitative estimate of drug-likeness (QED) is 0.537. The van der Waals surface area contributed by atoms with E-state index in [-0.39, 0.29) is 17.9 Å². The molecule has 0 aliphatic heterocycles. The van der Waals surface area contributed by atoms with Crippen LogP contribution >= 0.6 is 11.6 Å². The maximum atomic E-state index is 13.7. The molecule has 0 spiro atoms. The monoisotopic (exact) mass is 438 g/mol. The lowest BCUT2D eigenvalue weighted by atomic mass is 10.2. The fourth-order valence-electron chi connectivity index (χ4n) is 2.89. The van der Waals surface area contributed by atoms with E-state index in [1.54, 1.807) is 25.1 Å². The Morgan fingerprint density at radius 2 is 1.87 bits per heavy atom. The van der Waals surface area contributed by atoms with Crippen molar-refractivity contribution >= 4 is 23.2 Å². The van der Waals surface area contributed by atoms with Crippen molar-refractivity contribution < 1.29 is 23.0 Å². The fraction of sp³-hybridized carbons (Fsp3) is 0.350. The molecular formula is C20H21ClF2N4O3. The van der Waals surface area contributed by atoms with E-state index in [0.717, 1.165) is 16.1 Å². The number of carbonyl (C=O) groups excluding carboxylic acids is 1. The number of aryl methyl sites for hydroxylation is 1. The molecule has 0 aliphatic carbocycles. The number of carbonyl (C=O) groups is 1. The number of benzene rings is 1. The molecule has 0 radical (unpaired) electrons. The summed E-state index contributed by atoms with van der Waals surface area (Å²) in [6.45, 7) is 6.45. The van der Waals surface area contributed by atoms with Gasteiger partial charge in [-0.05, 0) is 56.1 Å². The first kappa shape index (κ1) is 21.8. The number of amides is 1. The highest BCUT2D eigenvalue weighted by atomic mass is 35.5. The number of aromatic nitrogens is 3. The molecule has 0 unspecified atom stereocenters. The molecule has 0 fully saturated rings. The second kappa shape index (κ2) is 8.83. The predicted octanol–water partition coefficient (Wildman–Crippen LogP) is 4.05. The minimum Gasteiger partial charge on any atom is -0.490 e. The van der Waals surface area contributed by atoms with E-state index in [0.29, 0.717) is 30.4 Å². The van der Waals surface area contributed by atoms with Crippen molar-refractivity contribution in [2.75, 3.05) is 13.2 Å². The Balaban J connectivity index is 1.80. The van der Waals surface area contributed by atoms with Crippen molar-refractivity contribution in [3.05, 3.63) is 53.0 Å². The van der Waals surface area contributed by atoms with Crippen molar-refractivity contribution in [2.24, 2.45) is 0 Å². The summed E-state index contributed by atoms with van der Waals surface area (Å²) >= 11 is 5.17. The van der Waals surface area contributed by atoms with Gasteiger partial charge in [0.05, 0.1) is 13.2 Å². The van der Waals surface area contributed by atoms with Crippen LogP contribution < -0.4 is 14.8 Å². The van der Waals surface area contributed by atoms with E-state index in [4.69, 9.17) is 21.1 Å². The fourth-order valence-corrected chi connectivity index (χ4v) is 3.03. The average Bonchev–Trinajstić information content (AvgIpc) is 3.10. The molecule has 160 valence electrons. The number of hydrogen-bond acceptors (Lipinski definition) is 5. The van der Waals surface area contributed by atoms with Gasteiger partial charge in [-0.25, -0.2) is 9.50 Å². The van der Waals surface area contributed by atoms with Crippen LogP contribution in [-0.4, -0.2) is 33.7 Å². The number of hydrogen-bond donors (Lipinski definition) is 1. The number of nitrogens with zero attached hydrogens (tertiary/aromatic N) is 3. The van der Waals surface area contributed by atoms with Crippen LogP contribution in [0.3, 0.4) is 0 Å². The summed E-state index contributed by atoms with van der Waals surface area (Å²) in [6.07, 6.45) is 0. The molecule has 0 saturated heterocycles. The number of ether oxygens (including phenoxy) is 2. The van der Waals surface area contributed by atoms with Gasteiger partial charge in [-0.3, -0.25) is 4.79 Å². The molecule has 0 aliphatic rings. The van der Waals surface area contributed by atoms with Gasteiger partial charge in [0.15, 0.2) is 22.8 Å². The standard InChI is InChI=1S/C20H21ClF2N4O3/c1-4-29-15-7-6-13(9-16(15)30-5-2)11-24-19(28)14-10-18-25-12(3)8-17(20(21,22)23)27(18)26-14/h6-10H,4-5,11H2,1-3H3,(H,24,28). The molecule has 1 aromatic carbocycles. The van der Waals surface area contributed by atoms with Crippen molar-refractivity contribution in [3.8, 4) is 11.5 Å². The predicted molar refractivity (Wildman–Crippen MR) is 107 cm³/mol. The Morgan fingerprint density at radius 1 is 1.17 bits per heavy atom. The average molecular weight is 439 g/mol. The van der Waals surface area contributed by atoms with E-state index < -0.39 is 17.0 Å². The van der Waals surface area contributed by atoms with Crippen LogP contribution in [0.1, 0.15) is 41.3 Å². The third-order valence-corrected chi connectivity index (χ3v) is 4.33. The zero-order valence-electron chi connectivity index (χ0n) is 16.7. The lowest BCUT2D eigenvalue weighted by Crippen LogP contribution is -2.23. The summed E-state index contributed by atoms with van der Waals surface area (Å²) in [6, 6.07) is 7.80. The molecular weight excluding hydrogens is 418 g/mol. The van der Waals surface area contributed by atoms with Crippen LogP contribution in [0.2, 0.25) is 0 Å². The highest BCUT2D eigenvalue weighted by Crippen LogP contribution is 2.32. The van der Waals surface area contributed by atoms with E-state index in [1.807, 2.05) is 13.8 Å². The topological polar surface area (TPSA) is 77.8 Å².